The molecule has 7 nitrogen and oxygen atoms in total. The zero-order valence-electron chi connectivity index (χ0n) is 13.5. The Morgan fingerprint density at radius 3 is 2.88 bits per heavy atom. The number of anilines is 3. The van der Waals surface area contributed by atoms with Gasteiger partial charge in [-0.15, -0.1) is 0 Å². The first-order valence-corrected chi connectivity index (χ1v) is 7.79. The summed E-state index contributed by atoms with van der Waals surface area (Å²) in [5.74, 6) is -0.261. The third-order valence-corrected chi connectivity index (χ3v) is 3.76. The van der Waals surface area contributed by atoms with E-state index in [1.54, 1.807) is 36.5 Å². The summed E-state index contributed by atoms with van der Waals surface area (Å²) in [5.41, 5.74) is 7.46. The number of nitrogens with one attached hydrogen (secondary N) is 1. The highest BCUT2D eigenvalue weighted by atomic mass is 19.1. The van der Waals surface area contributed by atoms with Crippen LogP contribution in [0.4, 0.5) is 27.5 Å². The second-order valence-electron chi connectivity index (χ2n) is 5.58. The van der Waals surface area contributed by atoms with Gasteiger partial charge >= 0.3 is 0 Å². The number of phenolic OH excluding ortho intramolecular Hbond substituents is 1. The minimum atomic E-state index is -0.717. The molecule has 1 aliphatic rings. The van der Waals surface area contributed by atoms with Gasteiger partial charge in [-0.3, -0.25) is 4.99 Å². The fraction of sp³-hybridized carbons (Fsp3) is 0.0556. The molecule has 0 fully saturated rings. The van der Waals surface area contributed by atoms with Crippen LogP contribution < -0.4 is 15.8 Å². The van der Waals surface area contributed by atoms with Gasteiger partial charge in [0.1, 0.15) is 29.5 Å². The predicted molar refractivity (Wildman–Crippen MR) is 96.9 cm³/mol. The molecule has 0 atom stereocenters. The Balaban J connectivity index is 1.74. The number of aromatic hydroxyl groups is 1. The maximum Gasteiger partial charge on any atom is 0.229 e. The van der Waals surface area contributed by atoms with Crippen LogP contribution in [0.5, 0.6) is 11.5 Å². The summed E-state index contributed by atoms with van der Waals surface area (Å²) < 4.78 is 20.0. The Hall–Kier alpha value is -3.68. The number of phenols is 1. The summed E-state index contributed by atoms with van der Waals surface area (Å²) in [5, 5.41) is 12.4. The van der Waals surface area contributed by atoms with Gasteiger partial charge in [0.2, 0.25) is 5.95 Å². The van der Waals surface area contributed by atoms with Crippen molar-refractivity contribution in [3.05, 3.63) is 48.3 Å². The van der Waals surface area contributed by atoms with Crippen molar-refractivity contribution < 1.29 is 14.2 Å². The van der Waals surface area contributed by atoms with Crippen LogP contribution in [0.15, 0.2) is 47.5 Å². The molecule has 4 N–H and O–H groups in total. The fourth-order valence-electron chi connectivity index (χ4n) is 2.57. The van der Waals surface area contributed by atoms with Gasteiger partial charge in [-0.25, -0.2) is 9.37 Å². The summed E-state index contributed by atoms with van der Waals surface area (Å²) in [4.78, 5) is 12.4. The second-order valence-corrected chi connectivity index (χ2v) is 5.58. The largest absolute Gasteiger partial charge is 0.508 e. The number of aliphatic imine (C=N–C) groups is 1. The normalized spacial score (nSPS) is 12.3. The quantitative estimate of drug-likeness (QED) is 0.668. The van der Waals surface area contributed by atoms with E-state index >= 15 is 0 Å². The maximum atomic E-state index is 14.5. The van der Waals surface area contributed by atoms with Gasteiger partial charge in [0, 0.05) is 23.5 Å². The van der Waals surface area contributed by atoms with Crippen LogP contribution in [0, 0.1) is 5.82 Å². The van der Waals surface area contributed by atoms with Crippen molar-refractivity contribution in [2.24, 2.45) is 4.99 Å². The monoisotopic (exact) mass is 351 g/mol. The van der Waals surface area contributed by atoms with Crippen molar-refractivity contribution in [2.75, 3.05) is 17.7 Å². The molecule has 0 unspecified atom stereocenters. The lowest BCUT2D eigenvalue weighted by molar-refractivity contribution is 0.377. The van der Waals surface area contributed by atoms with E-state index in [9.17, 15) is 9.50 Å². The lowest BCUT2D eigenvalue weighted by atomic mass is 10.1. The van der Waals surface area contributed by atoms with E-state index in [1.165, 1.54) is 12.1 Å². The zero-order chi connectivity index (χ0) is 18.1. The maximum absolute atomic E-state index is 14.5. The number of fused-ring (bicyclic) bond motifs is 1. The zero-order valence-corrected chi connectivity index (χ0v) is 13.5. The molecule has 0 saturated heterocycles. The first-order chi connectivity index (χ1) is 12.6. The van der Waals surface area contributed by atoms with Crippen molar-refractivity contribution in [3.63, 3.8) is 0 Å². The second kappa shape index (κ2) is 6.32. The van der Waals surface area contributed by atoms with E-state index in [1.807, 2.05) is 0 Å². The van der Waals surface area contributed by atoms with Crippen LogP contribution in [-0.4, -0.2) is 27.9 Å². The highest BCUT2D eigenvalue weighted by Gasteiger charge is 2.17. The highest BCUT2D eigenvalue weighted by Crippen LogP contribution is 2.35. The van der Waals surface area contributed by atoms with E-state index in [0.29, 0.717) is 29.3 Å². The summed E-state index contributed by atoms with van der Waals surface area (Å²) in [6, 6.07) is 11.5. The highest BCUT2D eigenvalue weighted by molar-refractivity contribution is 5.75. The van der Waals surface area contributed by atoms with Crippen molar-refractivity contribution in [1.82, 2.24) is 9.97 Å². The molecular weight excluding hydrogens is 337 g/mol. The first kappa shape index (κ1) is 15.8. The molecule has 4 rings (SSSR count). The molecule has 0 saturated carbocycles. The van der Waals surface area contributed by atoms with Gasteiger partial charge in [0.25, 0.3) is 0 Å². The molecule has 2 heterocycles. The number of hydrogen-bond acceptors (Lipinski definition) is 7. The summed E-state index contributed by atoms with van der Waals surface area (Å²) in [6.07, 6.45) is 1.66. The first-order valence-electron chi connectivity index (χ1n) is 7.79. The SMILES string of the molecule is Nc1nc(Nc2cccc(O)c2)nc(-c2ccc3c(c2)OCC=N3)c1F. The molecule has 0 radical (unpaired) electrons. The molecule has 2 aromatic carbocycles. The van der Waals surface area contributed by atoms with Crippen molar-refractivity contribution >= 4 is 29.4 Å². The van der Waals surface area contributed by atoms with E-state index in [2.05, 4.69) is 20.3 Å². The number of nitrogen functional groups attached to an aromatic ring is 1. The van der Waals surface area contributed by atoms with Crippen LogP contribution >= 0.6 is 0 Å². The van der Waals surface area contributed by atoms with E-state index < -0.39 is 5.82 Å². The average molecular weight is 351 g/mol. The summed E-state index contributed by atoms with van der Waals surface area (Å²) >= 11 is 0. The standard InChI is InChI=1S/C18H14FN5O2/c19-15-16(10-4-5-13-14(8-10)26-7-6-21-13)23-18(24-17(15)20)22-11-2-1-3-12(25)9-11/h1-6,8-9,25H,7H2,(H3,20,22,23,24). The number of benzene rings is 2. The molecule has 8 heteroatoms. The van der Waals surface area contributed by atoms with Gasteiger partial charge in [-0.2, -0.15) is 4.98 Å². The number of ether oxygens (including phenoxy) is 1. The third kappa shape index (κ3) is 3.00. The van der Waals surface area contributed by atoms with Gasteiger partial charge < -0.3 is 20.9 Å². The average Bonchev–Trinajstić information content (AvgIpc) is 2.64. The number of halogens is 1. The Morgan fingerprint density at radius 1 is 1.15 bits per heavy atom. The molecule has 0 spiro atoms. The number of nitrogens with zero attached hydrogens (tertiary/aromatic N) is 3. The summed E-state index contributed by atoms with van der Waals surface area (Å²) in [7, 11) is 0. The molecular formula is C18H14FN5O2. The molecule has 3 aromatic rings. The van der Waals surface area contributed by atoms with Crippen molar-refractivity contribution in [2.45, 2.75) is 0 Å². The molecule has 26 heavy (non-hydrogen) atoms. The van der Waals surface area contributed by atoms with Gasteiger partial charge in [-0.05, 0) is 24.3 Å². The Labute approximate surface area is 148 Å². The molecule has 130 valence electrons. The minimum absolute atomic E-state index is 0.0427. The Bertz CT molecular complexity index is 1020. The lowest BCUT2D eigenvalue weighted by Crippen LogP contribution is -2.06. The van der Waals surface area contributed by atoms with Crippen molar-refractivity contribution in [3.8, 4) is 22.8 Å². The molecule has 0 aliphatic carbocycles. The van der Waals surface area contributed by atoms with Gasteiger partial charge in [0.15, 0.2) is 11.6 Å². The number of nitrogens with two attached hydrogens (primary N) is 1. The van der Waals surface area contributed by atoms with Crippen LogP contribution in [-0.2, 0) is 0 Å². The van der Waals surface area contributed by atoms with Crippen LogP contribution in [0.25, 0.3) is 11.3 Å². The van der Waals surface area contributed by atoms with Crippen LogP contribution in [0.2, 0.25) is 0 Å². The Morgan fingerprint density at radius 2 is 2.04 bits per heavy atom. The van der Waals surface area contributed by atoms with Crippen LogP contribution in [0.1, 0.15) is 0 Å². The number of rotatable bonds is 3. The van der Waals surface area contributed by atoms with E-state index in [0.717, 1.165) is 0 Å². The molecule has 0 amide bonds. The number of aromatic nitrogens is 2. The number of hydrogen-bond donors (Lipinski definition) is 3. The van der Waals surface area contributed by atoms with Crippen molar-refractivity contribution in [1.29, 1.82) is 0 Å². The molecule has 1 aliphatic heterocycles. The van der Waals surface area contributed by atoms with Gasteiger partial charge in [-0.1, -0.05) is 12.1 Å². The molecule has 1 aromatic heterocycles. The van der Waals surface area contributed by atoms with E-state index in [-0.39, 0.29) is 23.2 Å². The smallest absolute Gasteiger partial charge is 0.229 e. The van der Waals surface area contributed by atoms with E-state index in [4.69, 9.17) is 10.5 Å². The Kier molecular flexibility index (Phi) is 3.85. The minimum Gasteiger partial charge on any atom is -0.508 e. The van der Waals surface area contributed by atoms with Crippen LogP contribution in [0.3, 0.4) is 0 Å². The summed E-state index contributed by atoms with van der Waals surface area (Å²) in [6.45, 7) is 0.356. The fourth-order valence-corrected chi connectivity index (χ4v) is 2.57. The lowest BCUT2D eigenvalue weighted by Gasteiger charge is -2.14. The van der Waals surface area contributed by atoms with Gasteiger partial charge in [0.05, 0.1) is 0 Å². The molecule has 0 bridgehead atoms. The topological polar surface area (TPSA) is 106 Å². The third-order valence-electron chi connectivity index (χ3n) is 3.76. The predicted octanol–water partition coefficient (Wildman–Crippen LogP) is 3.41.